The molecule has 2 heterocycles. The third-order valence-corrected chi connectivity index (χ3v) is 4.94. The van der Waals surface area contributed by atoms with Crippen LogP contribution in [0, 0.1) is 13.8 Å². The van der Waals surface area contributed by atoms with Crippen LogP contribution in [0.25, 0.3) is 11.3 Å². The number of hydrogen-bond donors (Lipinski definition) is 1. The van der Waals surface area contributed by atoms with Crippen LogP contribution in [0.2, 0.25) is 0 Å². The van der Waals surface area contributed by atoms with Crippen molar-refractivity contribution in [1.29, 1.82) is 0 Å². The Morgan fingerprint density at radius 1 is 1.22 bits per heavy atom. The summed E-state index contributed by atoms with van der Waals surface area (Å²) in [4.78, 5) is 30.5. The molecule has 1 aliphatic heterocycles. The fourth-order valence-corrected chi connectivity index (χ4v) is 3.60. The number of carboxylic acids is 1. The highest BCUT2D eigenvalue weighted by Gasteiger charge is 2.25. The van der Waals surface area contributed by atoms with Crippen molar-refractivity contribution in [3.05, 3.63) is 64.9 Å². The lowest BCUT2D eigenvalue weighted by molar-refractivity contribution is 0.0693. The lowest BCUT2D eigenvalue weighted by atomic mass is 10.0. The third kappa shape index (κ3) is 3.77. The highest BCUT2D eigenvalue weighted by Crippen LogP contribution is 2.24. The molecule has 1 amide bonds. The molecule has 2 aromatic rings. The molecule has 0 radical (unpaired) electrons. The molecule has 0 aliphatic carbocycles. The summed E-state index contributed by atoms with van der Waals surface area (Å²) in [5, 5.41) is 9.28. The number of amides is 1. The van der Waals surface area contributed by atoms with Gasteiger partial charge in [-0.3, -0.25) is 9.78 Å². The molecule has 5 heteroatoms. The summed E-state index contributed by atoms with van der Waals surface area (Å²) in [7, 11) is 0. The standard InChI is InChI=1S/C22H24N2O3/c1-4-6-18-7-5-12-24(18)21(25)17-10-8-16(9-11-17)19-13-14(2)20(22(26)27)15(3)23-19/h5,7-11,13,18H,4,6,12H2,1-3H3,(H,26,27). The van der Waals surface area contributed by atoms with E-state index in [9.17, 15) is 14.7 Å². The molecular formula is C22H24N2O3. The molecule has 1 unspecified atom stereocenters. The average Bonchev–Trinajstić information content (AvgIpc) is 3.09. The highest BCUT2D eigenvalue weighted by molar-refractivity contribution is 5.95. The topological polar surface area (TPSA) is 70.5 Å². The zero-order chi connectivity index (χ0) is 19.6. The molecule has 1 aromatic heterocycles. The Balaban J connectivity index is 1.84. The van der Waals surface area contributed by atoms with Gasteiger partial charge >= 0.3 is 5.97 Å². The molecule has 140 valence electrons. The minimum Gasteiger partial charge on any atom is -0.478 e. The van der Waals surface area contributed by atoms with Crippen molar-refractivity contribution < 1.29 is 14.7 Å². The van der Waals surface area contributed by atoms with Crippen molar-refractivity contribution in [2.75, 3.05) is 6.54 Å². The SMILES string of the molecule is CCCC1C=CCN1C(=O)c1ccc(-c2cc(C)c(C(=O)O)c(C)n2)cc1. The summed E-state index contributed by atoms with van der Waals surface area (Å²) in [6, 6.07) is 9.32. The van der Waals surface area contributed by atoms with Gasteiger partial charge in [0.2, 0.25) is 0 Å². The van der Waals surface area contributed by atoms with E-state index in [1.54, 1.807) is 19.9 Å². The van der Waals surface area contributed by atoms with Crippen molar-refractivity contribution in [3.63, 3.8) is 0 Å². The second-order valence-corrected chi connectivity index (χ2v) is 6.91. The Hall–Kier alpha value is -2.95. The summed E-state index contributed by atoms with van der Waals surface area (Å²) < 4.78 is 0. The summed E-state index contributed by atoms with van der Waals surface area (Å²) in [6.45, 7) is 6.25. The number of rotatable bonds is 5. The average molecular weight is 364 g/mol. The van der Waals surface area contributed by atoms with Gasteiger partial charge in [0.25, 0.3) is 5.91 Å². The molecular weight excluding hydrogens is 340 g/mol. The number of carboxylic acid groups (broad SMARTS) is 1. The van der Waals surface area contributed by atoms with E-state index >= 15 is 0 Å². The number of carbonyl (C=O) groups is 2. The third-order valence-electron chi connectivity index (χ3n) is 4.94. The molecule has 1 N–H and O–H groups in total. The lowest BCUT2D eigenvalue weighted by Crippen LogP contribution is -2.35. The minimum absolute atomic E-state index is 0.0338. The molecule has 0 saturated carbocycles. The number of aryl methyl sites for hydroxylation is 2. The number of carbonyl (C=O) groups excluding carboxylic acids is 1. The maximum Gasteiger partial charge on any atom is 0.337 e. The Kier molecular flexibility index (Phi) is 5.40. The van der Waals surface area contributed by atoms with Gasteiger partial charge in [0, 0.05) is 17.7 Å². The van der Waals surface area contributed by atoms with E-state index in [-0.39, 0.29) is 17.5 Å². The van der Waals surface area contributed by atoms with Crippen molar-refractivity contribution in [2.45, 2.75) is 39.7 Å². The second kappa shape index (κ2) is 7.74. The number of nitrogens with zero attached hydrogens (tertiary/aromatic N) is 2. The number of aromatic nitrogens is 1. The normalized spacial score (nSPS) is 16.0. The van der Waals surface area contributed by atoms with E-state index in [0.717, 1.165) is 18.4 Å². The number of benzene rings is 1. The van der Waals surface area contributed by atoms with Gasteiger partial charge in [-0.15, -0.1) is 0 Å². The van der Waals surface area contributed by atoms with E-state index in [1.807, 2.05) is 35.2 Å². The molecule has 0 bridgehead atoms. The number of hydrogen-bond acceptors (Lipinski definition) is 3. The first-order valence-corrected chi connectivity index (χ1v) is 9.22. The van der Waals surface area contributed by atoms with Crippen molar-refractivity contribution in [1.82, 2.24) is 9.88 Å². The van der Waals surface area contributed by atoms with Gasteiger partial charge < -0.3 is 10.0 Å². The quantitative estimate of drug-likeness (QED) is 0.806. The lowest BCUT2D eigenvalue weighted by Gasteiger charge is -2.24. The van der Waals surface area contributed by atoms with Crippen LogP contribution in [0.4, 0.5) is 0 Å². The largest absolute Gasteiger partial charge is 0.478 e. The van der Waals surface area contributed by atoms with Crippen LogP contribution < -0.4 is 0 Å². The van der Waals surface area contributed by atoms with Gasteiger partial charge in [-0.05, 0) is 44.0 Å². The first kappa shape index (κ1) is 18.8. The molecule has 0 fully saturated rings. The molecule has 0 saturated heterocycles. The molecule has 1 atom stereocenters. The van der Waals surface area contributed by atoms with Crippen LogP contribution in [0.15, 0.2) is 42.5 Å². The summed E-state index contributed by atoms with van der Waals surface area (Å²) in [6.07, 6.45) is 6.16. The van der Waals surface area contributed by atoms with E-state index in [4.69, 9.17) is 0 Å². The molecule has 5 nitrogen and oxygen atoms in total. The van der Waals surface area contributed by atoms with Gasteiger partial charge in [-0.2, -0.15) is 0 Å². The molecule has 1 aliphatic rings. The fraction of sp³-hybridized carbons (Fsp3) is 0.318. The monoisotopic (exact) mass is 364 g/mol. The van der Waals surface area contributed by atoms with E-state index in [0.29, 0.717) is 29.1 Å². The van der Waals surface area contributed by atoms with E-state index in [1.165, 1.54) is 0 Å². The smallest absolute Gasteiger partial charge is 0.337 e. The Labute approximate surface area is 159 Å². The van der Waals surface area contributed by atoms with Crippen LogP contribution >= 0.6 is 0 Å². The molecule has 1 aromatic carbocycles. The summed E-state index contributed by atoms with van der Waals surface area (Å²) in [5.41, 5.74) is 3.63. The van der Waals surface area contributed by atoms with E-state index < -0.39 is 5.97 Å². The predicted molar refractivity (Wildman–Crippen MR) is 105 cm³/mol. The van der Waals surface area contributed by atoms with Crippen LogP contribution in [-0.2, 0) is 0 Å². The highest BCUT2D eigenvalue weighted by atomic mass is 16.4. The molecule has 0 spiro atoms. The fourth-order valence-electron chi connectivity index (χ4n) is 3.60. The Bertz CT molecular complexity index is 877. The van der Waals surface area contributed by atoms with Gasteiger partial charge in [0.15, 0.2) is 0 Å². The van der Waals surface area contributed by atoms with Crippen LogP contribution in [0.3, 0.4) is 0 Å². The molecule has 27 heavy (non-hydrogen) atoms. The number of aromatic carboxylic acids is 1. The maximum absolute atomic E-state index is 12.8. The van der Waals surface area contributed by atoms with Crippen molar-refractivity contribution in [3.8, 4) is 11.3 Å². The molecule has 3 rings (SSSR count). The maximum atomic E-state index is 12.8. The first-order valence-electron chi connectivity index (χ1n) is 9.22. The van der Waals surface area contributed by atoms with Crippen LogP contribution in [0.5, 0.6) is 0 Å². The van der Waals surface area contributed by atoms with Crippen LogP contribution in [-0.4, -0.2) is 39.5 Å². The van der Waals surface area contributed by atoms with Crippen LogP contribution in [0.1, 0.15) is 51.7 Å². The van der Waals surface area contributed by atoms with E-state index in [2.05, 4.69) is 18.0 Å². The van der Waals surface area contributed by atoms with Crippen molar-refractivity contribution >= 4 is 11.9 Å². The zero-order valence-electron chi connectivity index (χ0n) is 15.9. The van der Waals surface area contributed by atoms with Gasteiger partial charge in [0.05, 0.1) is 23.0 Å². The van der Waals surface area contributed by atoms with Gasteiger partial charge in [-0.25, -0.2) is 4.79 Å². The summed E-state index contributed by atoms with van der Waals surface area (Å²) in [5.74, 6) is -0.933. The zero-order valence-corrected chi connectivity index (χ0v) is 15.9. The minimum atomic E-state index is -0.967. The van der Waals surface area contributed by atoms with Gasteiger partial charge in [-0.1, -0.05) is 37.6 Å². The second-order valence-electron chi connectivity index (χ2n) is 6.91. The number of pyridine rings is 1. The van der Waals surface area contributed by atoms with Crippen molar-refractivity contribution in [2.24, 2.45) is 0 Å². The summed E-state index contributed by atoms with van der Waals surface area (Å²) >= 11 is 0. The predicted octanol–water partition coefficient (Wildman–Crippen LogP) is 4.24. The Morgan fingerprint density at radius 3 is 2.52 bits per heavy atom. The Morgan fingerprint density at radius 2 is 1.93 bits per heavy atom. The van der Waals surface area contributed by atoms with Gasteiger partial charge in [0.1, 0.15) is 0 Å². The first-order chi connectivity index (χ1) is 12.9.